The van der Waals surface area contributed by atoms with Gasteiger partial charge in [-0.2, -0.15) is 5.26 Å². The third-order valence-corrected chi connectivity index (χ3v) is 7.66. The van der Waals surface area contributed by atoms with E-state index in [9.17, 15) is 14.4 Å². The van der Waals surface area contributed by atoms with Gasteiger partial charge in [0.2, 0.25) is 0 Å². The summed E-state index contributed by atoms with van der Waals surface area (Å²) in [5.41, 5.74) is 3.25. The van der Waals surface area contributed by atoms with Crippen molar-refractivity contribution in [3.63, 3.8) is 0 Å². The van der Waals surface area contributed by atoms with Crippen molar-refractivity contribution in [2.24, 2.45) is 0 Å². The molecule has 0 radical (unpaired) electrons. The summed E-state index contributed by atoms with van der Waals surface area (Å²) in [5, 5.41) is 9.88. The number of para-hydroxylation sites is 1. The van der Waals surface area contributed by atoms with Crippen LogP contribution in [0.5, 0.6) is 0 Å². The van der Waals surface area contributed by atoms with Gasteiger partial charge in [0.05, 0.1) is 28.0 Å². The van der Waals surface area contributed by atoms with E-state index >= 15 is 0 Å². The van der Waals surface area contributed by atoms with Crippen molar-refractivity contribution < 1.29 is 9.18 Å². The van der Waals surface area contributed by atoms with Gasteiger partial charge in [-0.15, -0.1) is 0 Å². The molecule has 0 spiro atoms. The van der Waals surface area contributed by atoms with Crippen molar-refractivity contribution in [2.45, 2.75) is 19.5 Å². The molecule has 0 aliphatic carbocycles. The molecule has 1 atom stereocenters. The Kier molecular flexibility index (Phi) is 7.77. The first-order valence-electron chi connectivity index (χ1n) is 12.9. The zero-order valence-electron chi connectivity index (χ0n) is 21.4. The first-order chi connectivity index (χ1) is 18.4. The number of carbonyl (C=O) groups excluding carboxylic acids is 1. The number of aromatic nitrogens is 1. The van der Waals surface area contributed by atoms with Gasteiger partial charge in [-0.05, 0) is 48.9 Å². The average molecular weight is 533 g/mol. The molecule has 3 aromatic rings. The summed E-state index contributed by atoms with van der Waals surface area (Å²) in [7, 11) is 0. The summed E-state index contributed by atoms with van der Waals surface area (Å²) in [6.07, 6.45) is 1.22. The lowest BCUT2D eigenvalue weighted by molar-refractivity contribution is 0.0673. The van der Waals surface area contributed by atoms with Gasteiger partial charge in [0.25, 0.3) is 5.91 Å². The van der Waals surface area contributed by atoms with Crippen LogP contribution >= 0.6 is 11.6 Å². The average Bonchev–Trinajstić information content (AvgIpc) is 2.94. The lowest BCUT2D eigenvalue weighted by Crippen LogP contribution is -2.54. The summed E-state index contributed by atoms with van der Waals surface area (Å²) in [6, 6.07) is 18.7. The number of rotatable bonds is 5. The van der Waals surface area contributed by atoms with Crippen molar-refractivity contribution in [1.29, 1.82) is 5.26 Å². The third kappa shape index (κ3) is 5.59. The summed E-state index contributed by atoms with van der Waals surface area (Å²) < 4.78 is 13.3. The van der Waals surface area contributed by atoms with E-state index in [-0.39, 0.29) is 17.8 Å². The molecule has 2 aliphatic heterocycles. The van der Waals surface area contributed by atoms with E-state index in [1.54, 1.807) is 6.07 Å². The maximum absolute atomic E-state index is 13.5. The molecule has 2 saturated heterocycles. The molecule has 9 heteroatoms. The number of hydrogen-bond donors (Lipinski definition) is 0. The van der Waals surface area contributed by atoms with E-state index in [0.29, 0.717) is 41.6 Å². The number of pyridine rings is 1. The third-order valence-electron chi connectivity index (χ3n) is 7.33. The number of nitriles is 1. The van der Waals surface area contributed by atoms with Crippen molar-refractivity contribution >= 4 is 29.0 Å². The fourth-order valence-corrected chi connectivity index (χ4v) is 5.46. The van der Waals surface area contributed by atoms with Crippen LogP contribution in [0.15, 0.2) is 60.8 Å². The smallest absolute Gasteiger partial charge is 0.255 e. The minimum atomic E-state index is -0.364. The fraction of sp³-hybridized carbons (Fsp3) is 0.345. The molecule has 3 heterocycles. The number of anilines is 2. The Balaban J connectivity index is 1.21. The zero-order valence-corrected chi connectivity index (χ0v) is 22.1. The Morgan fingerprint density at radius 3 is 2.53 bits per heavy atom. The second kappa shape index (κ2) is 11.4. The summed E-state index contributed by atoms with van der Waals surface area (Å²) in [4.78, 5) is 26.3. The Hall–Kier alpha value is -3.67. The Labute approximate surface area is 227 Å². The van der Waals surface area contributed by atoms with Gasteiger partial charge in [0.1, 0.15) is 17.7 Å². The van der Waals surface area contributed by atoms with Crippen molar-refractivity contribution in [3.05, 3.63) is 88.3 Å². The van der Waals surface area contributed by atoms with Crippen molar-refractivity contribution in [2.75, 3.05) is 55.6 Å². The Morgan fingerprint density at radius 2 is 1.82 bits per heavy atom. The highest BCUT2D eigenvalue weighted by atomic mass is 35.5. The quantitative estimate of drug-likeness (QED) is 0.485. The molecule has 7 nitrogen and oxygen atoms in total. The zero-order chi connectivity index (χ0) is 26.6. The second-order valence-electron chi connectivity index (χ2n) is 9.83. The van der Waals surface area contributed by atoms with Crippen LogP contribution in [-0.2, 0) is 6.54 Å². The van der Waals surface area contributed by atoms with E-state index in [0.717, 1.165) is 44.0 Å². The highest BCUT2D eigenvalue weighted by Crippen LogP contribution is 2.25. The normalized spacial score (nSPS) is 18.4. The molecule has 2 aliphatic rings. The first kappa shape index (κ1) is 26.0. The van der Waals surface area contributed by atoms with Gasteiger partial charge < -0.3 is 14.7 Å². The van der Waals surface area contributed by atoms with E-state index < -0.39 is 0 Å². The fourth-order valence-electron chi connectivity index (χ4n) is 5.26. The van der Waals surface area contributed by atoms with Crippen LogP contribution in [0.1, 0.15) is 28.4 Å². The molecule has 196 valence electrons. The topological polar surface area (TPSA) is 66.7 Å². The van der Waals surface area contributed by atoms with Crippen LogP contribution < -0.4 is 9.80 Å². The van der Waals surface area contributed by atoms with Crippen molar-refractivity contribution in [1.82, 2.24) is 14.8 Å². The first-order valence-corrected chi connectivity index (χ1v) is 13.2. The number of piperazine rings is 2. The number of hydrogen-bond acceptors (Lipinski definition) is 6. The number of benzene rings is 2. The summed E-state index contributed by atoms with van der Waals surface area (Å²) in [6.45, 7) is 7.90. The summed E-state index contributed by atoms with van der Waals surface area (Å²) >= 11 is 6.51. The largest absolute Gasteiger partial charge is 0.368 e. The van der Waals surface area contributed by atoms with Crippen LogP contribution in [0.3, 0.4) is 0 Å². The summed E-state index contributed by atoms with van der Waals surface area (Å²) in [5.74, 6) is 0.270. The number of amides is 1. The van der Waals surface area contributed by atoms with Gasteiger partial charge in [-0.3, -0.25) is 9.69 Å². The van der Waals surface area contributed by atoms with Crippen LogP contribution in [-0.4, -0.2) is 72.5 Å². The Morgan fingerprint density at radius 1 is 1.05 bits per heavy atom. The van der Waals surface area contributed by atoms with Crippen LogP contribution in [0, 0.1) is 17.1 Å². The van der Waals surface area contributed by atoms with Gasteiger partial charge in [-0.1, -0.05) is 29.8 Å². The van der Waals surface area contributed by atoms with E-state index in [1.807, 2.05) is 54.3 Å². The van der Waals surface area contributed by atoms with Gasteiger partial charge in [-0.25, -0.2) is 9.37 Å². The van der Waals surface area contributed by atoms with Crippen LogP contribution in [0.4, 0.5) is 15.9 Å². The van der Waals surface area contributed by atoms with E-state index in [2.05, 4.69) is 25.8 Å². The number of halogens is 2. The lowest BCUT2D eigenvalue weighted by Gasteiger charge is -2.40. The molecular weight excluding hydrogens is 503 g/mol. The maximum Gasteiger partial charge on any atom is 0.255 e. The molecule has 1 aromatic heterocycles. The predicted molar refractivity (Wildman–Crippen MR) is 147 cm³/mol. The van der Waals surface area contributed by atoms with E-state index in [4.69, 9.17) is 11.6 Å². The highest BCUT2D eigenvalue weighted by Gasteiger charge is 2.30. The number of carbonyl (C=O) groups is 1. The standard InChI is InChI=1S/C29H30ClFN6O/c1-21-19-36(28-9-7-24(31)18-33-28)14-15-37(21)29(38)25-16-22(6-8-26(25)30)20-34-10-12-35(13-11-34)27-5-3-2-4-23(27)17-32/h2-9,16,18,21H,10-15,19-20H2,1H3/t21-/m0/s1. The Bertz CT molecular complexity index is 1340. The molecule has 2 aromatic carbocycles. The molecule has 38 heavy (non-hydrogen) atoms. The molecule has 0 bridgehead atoms. The SMILES string of the molecule is C[C@H]1CN(c2ccc(F)cn2)CCN1C(=O)c1cc(CN2CCN(c3ccccc3C#N)CC2)ccc1Cl. The molecule has 0 saturated carbocycles. The minimum absolute atomic E-state index is 0.0489. The molecule has 5 rings (SSSR count). The van der Waals surface area contributed by atoms with Crippen molar-refractivity contribution in [3.8, 4) is 6.07 Å². The predicted octanol–water partition coefficient (Wildman–Crippen LogP) is 4.42. The lowest BCUT2D eigenvalue weighted by atomic mass is 10.1. The second-order valence-corrected chi connectivity index (χ2v) is 10.2. The molecular formula is C29H30ClFN6O. The van der Waals surface area contributed by atoms with Crippen LogP contribution in [0.2, 0.25) is 5.02 Å². The minimum Gasteiger partial charge on any atom is -0.368 e. The molecule has 0 unspecified atom stereocenters. The monoisotopic (exact) mass is 532 g/mol. The number of nitrogens with zero attached hydrogens (tertiary/aromatic N) is 6. The molecule has 2 fully saturated rings. The van der Waals surface area contributed by atoms with Gasteiger partial charge in [0, 0.05) is 58.4 Å². The highest BCUT2D eigenvalue weighted by molar-refractivity contribution is 6.33. The molecule has 0 N–H and O–H groups in total. The van der Waals surface area contributed by atoms with Gasteiger partial charge in [0.15, 0.2) is 0 Å². The maximum atomic E-state index is 13.5. The van der Waals surface area contributed by atoms with E-state index in [1.165, 1.54) is 12.3 Å². The molecule has 1 amide bonds. The van der Waals surface area contributed by atoms with Gasteiger partial charge >= 0.3 is 0 Å². The van der Waals surface area contributed by atoms with Crippen LogP contribution in [0.25, 0.3) is 0 Å².